The fourth-order valence-electron chi connectivity index (χ4n) is 5.00. The van der Waals surface area contributed by atoms with Gasteiger partial charge in [0.15, 0.2) is 11.5 Å². The van der Waals surface area contributed by atoms with Gasteiger partial charge in [-0.05, 0) is 84.0 Å². The Hall–Kier alpha value is -3.74. The van der Waals surface area contributed by atoms with E-state index in [0.29, 0.717) is 55.4 Å². The maximum absolute atomic E-state index is 14.0. The summed E-state index contributed by atoms with van der Waals surface area (Å²) in [6.07, 6.45) is 2.60. The molecule has 3 aromatic carbocycles. The Morgan fingerprint density at radius 1 is 1.03 bits per heavy atom. The summed E-state index contributed by atoms with van der Waals surface area (Å²) in [5, 5.41) is 0. The van der Waals surface area contributed by atoms with Crippen LogP contribution in [0.4, 0.5) is 10.1 Å². The molecule has 1 heterocycles. The minimum absolute atomic E-state index is 0.0949. The molecule has 196 valence electrons. The van der Waals surface area contributed by atoms with Crippen LogP contribution < -0.4 is 19.9 Å². The molecule has 1 aliphatic heterocycles. The molecule has 1 amide bonds. The van der Waals surface area contributed by atoms with E-state index in [0.717, 1.165) is 34.2 Å². The normalized spacial score (nSPS) is 14.7. The zero-order valence-electron chi connectivity index (χ0n) is 22.0. The average molecular weight is 507 g/mol. The number of halogens is 1. The number of carbonyl (C=O) groups excluding carboxylic acids is 1. The second-order valence-corrected chi connectivity index (χ2v) is 9.37. The molecule has 0 fully saturated rings. The molecule has 37 heavy (non-hydrogen) atoms. The number of benzene rings is 3. The van der Waals surface area contributed by atoms with Gasteiger partial charge in [0.2, 0.25) is 5.91 Å². The standard InChI is InChI=1S/C30H35FN2O4/c1-5-6-29(34)33-13-11-21-17-27(36-4)28(37-14-12-20-7-10-25(32)26(16-20)35-3)18-24(21)30(33)23-9-8-22(31)15-19(23)2/h7-10,15-18,30H,5-6,11-14,32H2,1-4H3. The van der Waals surface area contributed by atoms with E-state index in [1.807, 2.05) is 49.1 Å². The van der Waals surface area contributed by atoms with E-state index in [4.69, 9.17) is 19.9 Å². The number of nitrogens with zero attached hydrogens (tertiary/aromatic N) is 1. The predicted octanol–water partition coefficient (Wildman–Crippen LogP) is 5.63. The van der Waals surface area contributed by atoms with Gasteiger partial charge in [-0.3, -0.25) is 4.79 Å². The molecular weight excluding hydrogens is 471 g/mol. The van der Waals surface area contributed by atoms with E-state index in [1.54, 1.807) is 20.3 Å². The average Bonchev–Trinajstić information content (AvgIpc) is 2.89. The summed E-state index contributed by atoms with van der Waals surface area (Å²) in [5.74, 6) is 1.70. The molecule has 3 aromatic rings. The Kier molecular flexibility index (Phi) is 8.21. The summed E-state index contributed by atoms with van der Waals surface area (Å²) in [5.41, 5.74) is 11.4. The third-order valence-corrected chi connectivity index (χ3v) is 6.91. The molecule has 2 N–H and O–H groups in total. The van der Waals surface area contributed by atoms with Crippen molar-refractivity contribution in [3.63, 3.8) is 0 Å². The number of hydrogen-bond donors (Lipinski definition) is 1. The van der Waals surface area contributed by atoms with Crippen molar-refractivity contribution in [1.82, 2.24) is 4.90 Å². The van der Waals surface area contributed by atoms with Crippen LogP contribution in [0.3, 0.4) is 0 Å². The lowest BCUT2D eigenvalue weighted by Gasteiger charge is -2.39. The minimum Gasteiger partial charge on any atom is -0.495 e. The van der Waals surface area contributed by atoms with E-state index < -0.39 is 0 Å². The van der Waals surface area contributed by atoms with Crippen LogP contribution in [-0.4, -0.2) is 38.2 Å². The lowest BCUT2D eigenvalue weighted by Crippen LogP contribution is -2.40. The summed E-state index contributed by atoms with van der Waals surface area (Å²) in [6, 6.07) is 14.1. The number of ether oxygens (including phenoxy) is 3. The summed E-state index contributed by atoms with van der Waals surface area (Å²) >= 11 is 0. The van der Waals surface area contributed by atoms with Gasteiger partial charge in [0, 0.05) is 19.4 Å². The number of anilines is 1. The third-order valence-electron chi connectivity index (χ3n) is 6.91. The van der Waals surface area contributed by atoms with E-state index in [2.05, 4.69) is 0 Å². The molecule has 1 unspecified atom stereocenters. The molecule has 0 aliphatic carbocycles. The number of methoxy groups -OCH3 is 2. The minimum atomic E-state index is -0.321. The van der Waals surface area contributed by atoms with Crippen LogP contribution in [0, 0.1) is 12.7 Å². The Bertz CT molecular complexity index is 1280. The first-order chi connectivity index (χ1) is 17.9. The van der Waals surface area contributed by atoms with Gasteiger partial charge in [-0.2, -0.15) is 0 Å². The zero-order valence-corrected chi connectivity index (χ0v) is 22.0. The zero-order chi connectivity index (χ0) is 26.5. The molecule has 0 saturated heterocycles. The van der Waals surface area contributed by atoms with Crippen molar-refractivity contribution in [2.45, 2.75) is 45.6 Å². The van der Waals surface area contributed by atoms with Gasteiger partial charge in [-0.25, -0.2) is 4.39 Å². The maximum Gasteiger partial charge on any atom is 0.223 e. The highest BCUT2D eigenvalue weighted by molar-refractivity contribution is 5.78. The number of amides is 1. The molecule has 4 rings (SSSR count). The Balaban J connectivity index is 1.68. The van der Waals surface area contributed by atoms with Gasteiger partial charge < -0.3 is 24.8 Å². The summed E-state index contributed by atoms with van der Waals surface area (Å²) in [4.78, 5) is 15.1. The van der Waals surface area contributed by atoms with Crippen LogP contribution in [0.25, 0.3) is 0 Å². The summed E-state index contributed by atoms with van der Waals surface area (Å²) in [6.45, 7) is 4.90. The van der Waals surface area contributed by atoms with Crippen LogP contribution in [0.2, 0.25) is 0 Å². The maximum atomic E-state index is 14.0. The predicted molar refractivity (Wildman–Crippen MR) is 143 cm³/mol. The number of carbonyl (C=O) groups is 1. The van der Waals surface area contributed by atoms with Crippen LogP contribution in [0.1, 0.15) is 53.6 Å². The summed E-state index contributed by atoms with van der Waals surface area (Å²) in [7, 11) is 3.22. The molecule has 1 atom stereocenters. The Morgan fingerprint density at radius 3 is 2.51 bits per heavy atom. The second kappa shape index (κ2) is 11.5. The smallest absolute Gasteiger partial charge is 0.223 e. The first-order valence-electron chi connectivity index (χ1n) is 12.7. The van der Waals surface area contributed by atoms with Crippen molar-refractivity contribution in [1.29, 1.82) is 0 Å². The molecule has 7 heteroatoms. The Labute approximate surface area is 218 Å². The van der Waals surface area contributed by atoms with Crippen LogP contribution in [-0.2, 0) is 17.6 Å². The largest absolute Gasteiger partial charge is 0.495 e. The van der Waals surface area contributed by atoms with Crippen molar-refractivity contribution in [2.75, 3.05) is 33.1 Å². The van der Waals surface area contributed by atoms with Crippen LogP contribution in [0.15, 0.2) is 48.5 Å². The van der Waals surface area contributed by atoms with Crippen LogP contribution >= 0.6 is 0 Å². The number of nitrogen functional groups attached to an aromatic ring is 1. The topological polar surface area (TPSA) is 74.0 Å². The van der Waals surface area contributed by atoms with E-state index in [9.17, 15) is 9.18 Å². The van der Waals surface area contributed by atoms with E-state index >= 15 is 0 Å². The lowest BCUT2D eigenvalue weighted by molar-refractivity contribution is -0.133. The highest BCUT2D eigenvalue weighted by atomic mass is 19.1. The number of hydrogen-bond acceptors (Lipinski definition) is 5. The Morgan fingerprint density at radius 2 is 1.81 bits per heavy atom. The van der Waals surface area contributed by atoms with Gasteiger partial charge in [0.1, 0.15) is 11.6 Å². The summed E-state index contributed by atoms with van der Waals surface area (Å²) < 4.78 is 31.2. The van der Waals surface area contributed by atoms with Crippen molar-refractivity contribution in [2.24, 2.45) is 0 Å². The lowest BCUT2D eigenvalue weighted by atomic mass is 9.85. The van der Waals surface area contributed by atoms with Crippen molar-refractivity contribution in [3.8, 4) is 17.2 Å². The first kappa shape index (κ1) is 26.3. The quantitative estimate of drug-likeness (QED) is 0.381. The van der Waals surface area contributed by atoms with Crippen molar-refractivity contribution in [3.05, 3.63) is 82.2 Å². The molecule has 0 saturated carbocycles. The fraction of sp³-hybridized carbons (Fsp3) is 0.367. The highest BCUT2D eigenvalue weighted by Gasteiger charge is 2.34. The molecule has 0 aromatic heterocycles. The van der Waals surface area contributed by atoms with E-state index in [-0.39, 0.29) is 17.8 Å². The van der Waals surface area contributed by atoms with Gasteiger partial charge >= 0.3 is 0 Å². The molecule has 0 bridgehead atoms. The van der Waals surface area contributed by atoms with E-state index in [1.165, 1.54) is 12.1 Å². The first-order valence-corrected chi connectivity index (χ1v) is 12.7. The van der Waals surface area contributed by atoms with Crippen molar-refractivity contribution >= 4 is 11.6 Å². The van der Waals surface area contributed by atoms with Gasteiger partial charge in [0.05, 0.1) is 32.6 Å². The molecule has 1 aliphatic rings. The molecular formula is C30H35FN2O4. The second-order valence-electron chi connectivity index (χ2n) is 9.37. The van der Waals surface area contributed by atoms with Crippen molar-refractivity contribution < 1.29 is 23.4 Å². The third kappa shape index (κ3) is 5.66. The molecule has 0 spiro atoms. The van der Waals surface area contributed by atoms with Gasteiger partial charge in [-0.1, -0.05) is 19.1 Å². The fourth-order valence-corrected chi connectivity index (χ4v) is 5.00. The number of rotatable bonds is 9. The molecule has 6 nitrogen and oxygen atoms in total. The molecule has 0 radical (unpaired) electrons. The number of nitrogens with two attached hydrogens (primary N) is 1. The van der Waals surface area contributed by atoms with Gasteiger partial charge in [0.25, 0.3) is 0 Å². The number of aryl methyl sites for hydroxylation is 1. The van der Waals surface area contributed by atoms with Crippen LogP contribution in [0.5, 0.6) is 17.2 Å². The monoisotopic (exact) mass is 506 g/mol. The highest BCUT2D eigenvalue weighted by Crippen LogP contribution is 2.42. The number of fused-ring (bicyclic) bond motifs is 1. The van der Waals surface area contributed by atoms with Gasteiger partial charge in [-0.15, -0.1) is 0 Å². The SMILES string of the molecule is CCCC(=O)N1CCc2cc(OC)c(OCCc3ccc(N)c(OC)c3)cc2C1c1ccc(F)cc1C.